The zero-order valence-corrected chi connectivity index (χ0v) is 11.3. The molecule has 1 atom stereocenters. The minimum Gasteiger partial charge on any atom is -0.388 e. The fraction of sp³-hybridized carbons (Fsp3) is 0.133. The van der Waals surface area contributed by atoms with E-state index in [1.165, 1.54) is 24.4 Å². The Morgan fingerprint density at radius 3 is 2.76 bits per heavy atom. The minimum atomic E-state index is -0.479. The molecule has 0 heterocycles. The molecule has 0 saturated heterocycles. The fourth-order valence-corrected chi connectivity index (χ4v) is 1.71. The van der Waals surface area contributed by atoms with Crippen LogP contribution in [0.25, 0.3) is 0 Å². The van der Waals surface area contributed by atoms with E-state index in [0.29, 0.717) is 11.1 Å². The van der Waals surface area contributed by atoms with Gasteiger partial charge in [0.05, 0.1) is 11.1 Å². The molecule has 0 spiro atoms. The van der Waals surface area contributed by atoms with Gasteiger partial charge in [0.25, 0.3) is 5.69 Å². The molecule has 0 unspecified atom stereocenters. The van der Waals surface area contributed by atoms with Crippen molar-refractivity contribution in [2.45, 2.75) is 13.0 Å². The number of rotatable bonds is 5. The van der Waals surface area contributed by atoms with Crippen molar-refractivity contribution in [2.24, 2.45) is 5.16 Å². The first-order chi connectivity index (χ1) is 10.1. The van der Waals surface area contributed by atoms with Gasteiger partial charge in [-0.1, -0.05) is 35.5 Å². The van der Waals surface area contributed by atoms with Crippen LogP contribution in [-0.2, 0) is 4.84 Å². The normalized spacial score (nSPS) is 12.3. The molecule has 0 aromatic heterocycles. The van der Waals surface area contributed by atoms with E-state index in [1.54, 1.807) is 37.3 Å². The molecule has 2 aromatic carbocycles. The first-order valence-corrected chi connectivity index (χ1v) is 6.26. The lowest BCUT2D eigenvalue weighted by Gasteiger charge is -2.09. The van der Waals surface area contributed by atoms with Crippen LogP contribution in [0.15, 0.2) is 53.7 Å². The Balaban J connectivity index is 2.05. The molecule has 0 radical (unpaired) electrons. The van der Waals surface area contributed by atoms with E-state index in [4.69, 9.17) is 4.84 Å². The van der Waals surface area contributed by atoms with Crippen molar-refractivity contribution >= 4 is 11.9 Å². The third-order valence-corrected chi connectivity index (χ3v) is 2.87. The summed E-state index contributed by atoms with van der Waals surface area (Å²) in [5, 5.41) is 14.4. The molecule has 0 aliphatic heterocycles. The Labute approximate surface area is 120 Å². The van der Waals surface area contributed by atoms with E-state index in [1.807, 2.05) is 0 Å². The van der Waals surface area contributed by atoms with Crippen LogP contribution >= 0.6 is 0 Å². The van der Waals surface area contributed by atoms with Gasteiger partial charge in [-0.05, 0) is 13.0 Å². The van der Waals surface area contributed by atoms with Gasteiger partial charge in [-0.25, -0.2) is 4.39 Å². The van der Waals surface area contributed by atoms with Crippen LogP contribution in [0.5, 0.6) is 0 Å². The molecule has 0 saturated carbocycles. The molecular formula is C15H13FN2O3. The predicted octanol–water partition coefficient (Wildman–Crippen LogP) is 3.85. The van der Waals surface area contributed by atoms with Gasteiger partial charge in [0.1, 0.15) is 11.9 Å². The van der Waals surface area contributed by atoms with Crippen LogP contribution in [0.3, 0.4) is 0 Å². The topological polar surface area (TPSA) is 64.7 Å². The van der Waals surface area contributed by atoms with E-state index >= 15 is 0 Å². The summed E-state index contributed by atoms with van der Waals surface area (Å²) in [7, 11) is 0. The van der Waals surface area contributed by atoms with Crippen LogP contribution in [0.2, 0.25) is 0 Å². The predicted molar refractivity (Wildman–Crippen MR) is 76.6 cm³/mol. The second kappa shape index (κ2) is 6.60. The van der Waals surface area contributed by atoms with Crippen molar-refractivity contribution in [3.63, 3.8) is 0 Å². The van der Waals surface area contributed by atoms with Gasteiger partial charge in [-0.2, -0.15) is 0 Å². The van der Waals surface area contributed by atoms with Crippen molar-refractivity contribution in [3.05, 3.63) is 75.6 Å². The molecule has 108 valence electrons. The van der Waals surface area contributed by atoms with E-state index in [-0.39, 0.29) is 5.69 Å². The molecule has 2 aromatic rings. The summed E-state index contributed by atoms with van der Waals surface area (Å²) in [6, 6.07) is 12.3. The van der Waals surface area contributed by atoms with Gasteiger partial charge in [-0.15, -0.1) is 0 Å². The highest BCUT2D eigenvalue weighted by Gasteiger charge is 2.11. The lowest BCUT2D eigenvalue weighted by atomic mass is 10.1. The molecule has 21 heavy (non-hydrogen) atoms. The zero-order valence-electron chi connectivity index (χ0n) is 11.3. The lowest BCUT2D eigenvalue weighted by molar-refractivity contribution is -0.385. The maximum Gasteiger partial charge on any atom is 0.269 e. The summed E-state index contributed by atoms with van der Waals surface area (Å²) in [6.45, 7) is 1.71. The van der Waals surface area contributed by atoms with Gasteiger partial charge in [-0.3, -0.25) is 10.1 Å². The molecule has 6 heteroatoms. The quantitative estimate of drug-likeness (QED) is 0.477. The summed E-state index contributed by atoms with van der Waals surface area (Å²) < 4.78 is 13.4. The summed E-state index contributed by atoms with van der Waals surface area (Å²) in [6.07, 6.45) is 0.788. The molecular weight excluding hydrogens is 275 g/mol. The fourth-order valence-electron chi connectivity index (χ4n) is 1.71. The monoisotopic (exact) mass is 288 g/mol. The van der Waals surface area contributed by atoms with Gasteiger partial charge in [0.2, 0.25) is 0 Å². The molecule has 0 fully saturated rings. The highest BCUT2D eigenvalue weighted by Crippen LogP contribution is 2.21. The number of benzene rings is 2. The molecule has 5 nitrogen and oxygen atoms in total. The average Bonchev–Trinajstić information content (AvgIpc) is 2.49. The number of hydrogen-bond acceptors (Lipinski definition) is 4. The molecule has 0 aliphatic carbocycles. The lowest BCUT2D eigenvalue weighted by Crippen LogP contribution is -1.98. The standard InChI is InChI=1S/C15H13FN2O3/c1-11(12-6-4-7-14(9-12)18(19)20)21-17-10-13-5-2-3-8-15(13)16/h2-11H,1H3/b17-10-/t11-/m1/s1. The Morgan fingerprint density at radius 1 is 1.29 bits per heavy atom. The highest BCUT2D eigenvalue weighted by atomic mass is 19.1. The van der Waals surface area contributed by atoms with Crippen LogP contribution in [0, 0.1) is 15.9 Å². The molecule has 0 amide bonds. The number of nitro benzene ring substituents is 1. The third-order valence-electron chi connectivity index (χ3n) is 2.87. The number of hydrogen-bond donors (Lipinski definition) is 0. The highest BCUT2D eigenvalue weighted by molar-refractivity contribution is 5.79. The smallest absolute Gasteiger partial charge is 0.269 e. The Bertz CT molecular complexity index is 673. The van der Waals surface area contributed by atoms with Gasteiger partial charge < -0.3 is 4.84 Å². The molecule has 0 N–H and O–H groups in total. The van der Waals surface area contributed by atoms with Crippen LogP contribution < -0.4 is 0 Å². The van der Waals surface area contributed by atoms with Gasteiger partial charge >= 0.3 is 0 Å². The van der Waals surface area contributed by atoms with E-state index in [2.05, 4.69) is 5.16 Å². The van der Waals surface area contributed by atoms with Gasteiger partial charge in [0, 0.05) is 23.3 Å². The zero-order chi connectivity index (χ0) is 15.2. The largest absolute Gasteiger partial charge is 0.388 e. The summed E-state index contributed by atoms with van der Waals surface area (Å²) in [5.41, 5.74) is 0.916. The Kier molecular flexibility index (Phi) is 4.61. The number of nitro groups is 1. The average molecular weight is 288 g/mol. The SMILES string of the molecule is C[C@@H](O/N=C\c1ccccc1F)c1cccc([N+](=O)[O-])c1. The van der Waals surface area contributed by atoms with Crippen molar-refractivity contribution in [1.29, 1.82) is 0 Å². The number of non-ortho nitro benzene ring substituents is 1. The maximum absolute atomic E-state index is 13.4. The Hall–Kier alpha value is -2.76. The number of halogens is 1. The molecule has 2 rings (SSSR count). The van der Waals surface area contributed by atoms with E-state index in [0.717, 1.165) is 0 Å². The van der Waals surface area contributed by atoms with Crippen LogP contribution in [-0.4, -0.2) is 11.1 Å². The third kappa shape index (κ3) is 3.85. The Morgan fingerprint density at radius 2 is 2.05 bits per heavy atom. The van der Waals surface area contributed by atoms with Gasteiger partial charge in [0.15, 0.2) is 0 Å². The van der Waals surface area contributed by atoms with Crippen LogP contribution in [0.4, 0.5) is 10.1 Å². The minimum absolute atomic E-state index is 0.0129. The van der Waals surface area contributed by atoms with Crippen molar-refractivity contribution in [1.82, 2.24) is 0 Å². The summed E-state index contributed by atoms with van der Waals surface area (Å²) >= 11 is 0. The summed E-state index contributed by atoms with van der Waals surface area (Å²) in [5.74, 6) is -0.396. The second-order valence-electron chi connectivity index (χ2n) is 4.36. The maximum atomic E-state index is 13.4. The van der Waals surface area contributed by atoms with Crippen molar-refractivity contribution < 1.29 is 14.2 Å². The number of oxime groups is 1. The first-order valence-electron chi connectivity index (χ1n) is 6.26. The summed E-state index contributed by atoms with van der Waals surface area (Å²) in [4.78, 5) is 15.4. The van der Waals surface area contributed by atoms with E-state index < -0.39 is 16.8 Å². The molecule has 0 aliphatic rings. The number of nitrogens with zero attached hydrogens (tertiary/aromatic N) is 2. The second-order valence-corrected chi connectivity index (χ2v) is 4.36. The van der Waals surface area contributed by atoms with Crippen molar-refractivity contribution in [2.75, 3.05) is 0 Å². The van der Waals surface area contributed by atoms with Crippen molar-refractivity contribution in [3.8, 4) is 0 Å². The van der Waals surface area contributed by atoms with E-state index in [9.17, 15) is 14.5 Å². The van der Waals surface area contributed by atoms with Crippen LogP contribution in [0.1, 0.15) is 24.2 Å². The molecule has 0 bridgehead atoms. The first kappa shape index (κ1) is 14.6.